The van der Waals surface area contributed by atoms with Crippen LogP contribution in [-0.4, -0.2) is 56.5 Å². The lowest BCUT2D eigenvalue weighted by molar-refractivity contribution is -0.142. The molecule has 10 heteroatoms. The maximum absolute atomic E-state index is 13.8. The van der Waals surface area contributed by atoms with Crippen molar-refractivity contribution in [3.8, 4) is 10.7 Å². The average molecular weight is 497 g/mol. The number of thiophene rings is 1. The number of halogens is 2. The van der Waals surface area contributed by atoms with Gasteiger partial charge in [-0.05, 0) is 48.1 Å². The van der Waals surface area contributed by atoms with E-state index in [9.17, 15) is 18.4 Å². The Hall–Kier alpha value is -3.24. The Balaban J connectivity index is 1.18. The summed E-state index contributed by atoms with van der Waals surface area (Å²) in [6.45, 7) is 0.741. The van der Waals surface area contributed by atoms with Gasteiger partial charge in [-0.2, -0.15) is 0 Å². The third-order valence-corrected chi connectivity index (χ3v) is 8.02. The van der Waals surface area contributed by atoms with Crippen LogP contribution in [0.2, 0.25) is 0 Å². The number of hydrogen-bond donors (Lipinski definition) is 0. The molecule has 0 radical (unpaired) electrons. The van der Waals surface area contributed by atoms with E-state index in [4.69, 9.17) is 4.74 Å². The van der Waals surface area contributed by atoms with Crippen LogP contribution >= 0.6 is 11.3 Å². The van der Waals surface area contributed by atoms with Crippen LogP contribution in [0.15, 0.2) is 48.1 Å². The highest BCUT2D eigenvalue weighted by Crippen LogP contribution is 2.48. The minimum atomic E-state index is -1.01. The molecule has 3 saturated heterocycles. The largest absolute Gasteiger partial charge is 0.342 e. The van der Waals surface area contributed by atoms with Crippen molar-refractivity contribution in [2.45, 2.75) is 43.6 Å². The number of amides is 2. The lowest BCUT2D eigenvalue weighted by Crippen LogP contribution is -2.51. The standard InChI is InChI=1S/C25H22F2N4O3S/c26-16-12-15(13-17(27)14-16)19-2-3-20-31(19)24(33)25(34-20)5-9-30(10-6-25)23(32)18-4-11-35-21(18)22-28-7-1-8-29-22/h1,4,7-8,11-14,19-20H,2-3,5-6,9-10H2/t19-,20+/m0/s1. The smallest absolute Gasteiger partial charge is 0.257 e. The van der Waals surface area contributed by atoms with Gasteiger partial charge in [-0.3, -0.25) is 9.59 Å². The molecule has 35 heavy (non-hydrogen) atoms. The molecule has 180 valence electrons. The maximum atomic E-state index is 13.8. The van der Waals surface area contributed by atoms with Gasteiger partial charge in [0.25, 0.3) is 11.8 Å². The second-order valence-electron chi connectivity index (χ2n) is 9.10. The topological polar surface area (TPSA) is 75.6 Å². The minimum absolute atomic E-state index is 0.123. The van der Waals surface area contributed by atoms with Crippen LogP contribution in [0, 0.1) is 11.6 Å². The predicted octanol–water partition coefficient (Wildman–Crippen LogP) is 4.18. The Morgan fingerprint density at radius 2 is 1.80 bits per heavy atom. The molecule has 5 heterocycles. The van der Waals surface area contributed by atoms with Crippen LogP contribution in [0.3, 0.4) is 0 Å². The van der Waals surface area contributed by atoms with Crippen molar-refractivity contribution in [2.24, 2.45) is 0 Å². The number of rotatable bonds is 3. The zero-order valence-electron chi connectivity index (χ0n) is 18.7. The number of nitrogens with zero attached hydrogens (tertiary/aromatic N) is 4. The molecule has 3 fully saturated rings. The van der Waals surface area contributed by atoms with Crippen molar-refractivity contribution < 1.29 is 23.1 Å². The summed E-state index contributed by atoms with van der Waals surface area (Å²) in [5, 5.41) is 1.85. The van der Waals surface area contributed by atoms with Crippen LogP contribution in [0.25, 0.3) is 10.7 Å². The van der Waals surface area contributed by atoms with Crippen molar-refractivity contribution in [3.05, 3.63) is 70.9 Å². The first-order valence-corrected chi connectivity index (χ1v) is 12.4. The summed E-state index contributed by atoms with van der Waals surface area (Å²) in [7, 11) is 0. The summed E-state index contributed by atoms with van der Waals surface area (Å²) in [6, 6.07) is 6.47. The van der Waals surface area contributed by atoms with E-state index in [1.54, 1.807) is 34.3 Å². The van der Waals surface area contributed by atoms with E-state index in [0.29, 0.717) is 55.7 Å². The molecule has 0 aliphatic carbocycles. The monoisotopic (exact) mass is 496 g/mol. The zero-order chi connectivity index (χ0) is 24.2. The Morgan fingerprint density at radius 1 is 1.09 bits per heavy atom. The highest BCUT2D eigenvalue weighted by atomic mass is 32.1. The third-order valence-electron chi connectivity index (χ3n) is 7.11. The molecule has 3 aliphatic rings. The number of likely N-dealkylation sites (tertiary alicyclic amines) is 1. The van der Waals surface area contributed by atoms with Gasteiger partial charge in [-0.1, -0.05) is 0 Å². The maximum Gasteiger partial charge on any atom is 0.257 e. The molecular weight excluding hydrogens is 474 g/mol. The number of aromatic nitrogens is 2. The number of ether oxygens (including phenoxy) is 1. The van der Waals surface area contributed by atoms with E-state index in [2.05, 4.69) is 9.97 Å². The van der Waals surface area contributed by atoms with E-state index >= 15 is 0 Å². The molecule has 2 atom stereocenters. The fourth-order valence-corrected chi connectivity index (χ4v) is 6.28. The summed E-state index contributed by atoms with van der Waals surface area (Å²) in [5.41, 5.74) is -0.0178. The van der Waals surface area contributed by atoms with E-state index in [-0.39, 0.29) is 11.8 Å². The zero-order valence-corrected chi connectivity index (χ0v) is 19.5. The Kier molecular flexibility index (Phi) is 5.37. The van der Waals surface area contributed by atoms with Crippen molar-refractivity contribution in [2.75, 3.05) is 13.1 Å². The molecule has 6 rings (SSSR count). The van der Waals surface area contributed by atoms with Crippen molar-refractivity contribution in [3.63, 3.8) is 0 Å². The van der Waals surface area contributed by atoms with Crippen LogP contribution < -0.4 is 0 Å². The Morgan fingerprint density at radius 3 is 2.51 bits per heavy atom. The van der Waals surface area contributed by atoms with Gasteiger partial charge in [0, 0.05) is 44.4 Å². The van der Waals surface area contributed by atoms with Crippen LogP contribution in [0.1, 0.15) is 47.6 Å². The van der Waals surface area contributed by atoms with Crippen molar-refractivity contribution >= 4 is 23.2 Å². The fraction of sp³-hybridized carbons (Fsp3) is 0.360. The molecule has 2 aromatic heterocycles. The molecule has 3 aromatic rings. The van der Waals surface area contributed by atoms with E-state index in [0.717, 1.165) is 10.9 Å². The summed E-state index contributed by atoms with van der Waals surface area (Å²) in [6.07, 6.45) is 4.80. The highest BCUT2D eigenvalue weighted by Gasteiger charge is 2.58. The molecule has 0 N–H and O–H groups in total. The number of fused-ring (bicyclic) bond motifs is 1. The lowest BCUT2D eigenvalue weighted by atomic mass is 9.89. The molecule has 2 amide bonds. The van der Waals surface area contributed by atoms with E-state index < -0.39 is 29.5 Å². The first kappa shape index (κ1) is 22.2. The minimum Gasteiger partial charge on any atom is -0.342 e. The molecule has 1 spiro atoms. The Bertz CT molecular complexity index is 1270. The average Bonchev–Trinajstić information content (AvgIpc) is 3.56. The molecule has 0 saturated carbocycles. The second kappa shape index (κ2) is 8.46. The summed E-state index contributed by atoms with van der Waals surface area (Å²) in [4.78, 5) is 39.5. The fourth-order valence-electron chi connectivity index (χ4n) is 5.45. The quantitative estimate of drug-likeness (QED) is 0.544. The summed E-state index contributed by atoms with van der Waals surface area (Å²) < 4.78 is 33.9. The second-order valence-corrected chi connectivity index (χ2v) is 10.0. The molecular formula is C25H22F2N4O3S. The van der Waals surface area contributed by atoms with Gasteiger partial charge in [0.2, 0.25) is 0 Å². The molecule has 0 bridgehead atoms. The van der Waals surface area contributed by atoms with E-state index in [1.165, 1.54) is 23.5 Å². The number of carbonyl (C=O) groups is 2. The highest BCUT2D eigenvalue weighted by molar-refractivity contribution is 7.14. The van der Waals surface area contributed by atoms with Crippen molar-refractivity contribution in [1.29, 1.82) is 0 Å². The predicted molar refractivity (Wildman–Crippen MR) is 123 cm³/mol. The van der Waals surface area contributed by atoms with Crippen LogP contribution in [0.4, 0.5) is 8.78 Å². The van der Waals surface area contributed by atoms with Gasteiger partial charge in [0.15, 0.2) is 11.4 Å². The molecule has 7 nitrogen and oxygen atoms in total. The molecule has 1 aromatic carbocycles. The molecule has 0 unspecified atom stereocenters. The van der Waals surface area contributed by atoms with Crippen LogP contribution in [-0.2, 0) is 9.53 Å². The third kappa shape index (κ3) is 3.71. The lowest BCUT2D eigenvalue weighted by Gasteiger charge is -2.37. The molecule has 3 aliphatic heterocycles. The SMILES string of the molecule is O=C(c1ccsc1-c1ncccn1)N1CCC2(CC1)O[C@@H]1CC[C@@H](c3cc(F)cc(F)c3)N1C2=O. The van der Waals surface area contributed by atoms with Gasteiger partial charge in [-0.15, -0.1) is 11.3 Å². The van der Waals surface area contributed by atoms with Gasteiger partial charge in [0.1, 0.15) is 17.9 Å². The summed E-state index contributed by atoms with van der Waals surface area (Å²) >= 11 is 1.41. The first-order chi connectivity index (χ1) is 16.9. The van der Waals surface area contributed by atoms with E-state index in [1.807, 2.05) is 5.38 Å². The first-order valence-electron chi connectivity index (χ1n) is 11.6. The number of carbonyl (C=O) groups excluding carboxylic acids is 2. The van der Waals surface area contributed by atoms with Crippen molar-refractivity contribution in [1.82, 2.24) is 19.8 Å². The Labute approximate surface area is 204 Å². The van der Waals surface area contributed by atoms with Gasteiger partial charge in [-0.25, -0.2) is 18.7 Å². The normalized spacial score (nSPS) is 23.2. The number of benzene rings is 1. The number of piperidine rings is 1. The van der Waals surface area contributed by atoms with Gasteiger partial charge < -0.3 is 14.5 Å². The van der Waals surface area contributed by atoms with Crippen LogP contribution in [0.5, 0.6) is 0 Å². The van der Waals surface area contributed by atoms with Gasteiger partial charge >= 0.3 is 0 Å². The number of hydrogen-bond acceptors (Lipinski definition) is 6. The van der Waals surface area contributed by atoms with Gasteiger partial charge in [0.05, 0.1) is 16.5 Å². The summed E-state index contributed by atoms with van der Waals surface area (Å²) in [5.74, 6) is -1.09.